The van der Waals surface area contributed by atoms with E-state index in [4.69, 9.17) is 0 Å². The average Bonchev–Trinajstić information content (AvgIpc) is 3.30. The molecule has 1 aliphatic carbocycles. The van der Waals surface area contributed by atoms with Gasteiger partial charge < -0.3 is 10.0 Å². The fourth-order valence-electron chi connectivity index (χ4n) is 4.03. The van der Waals surface area contributed by atoms with Gasteiger partial charge in [-0.05, 0) is 18.4 Å². The second kappa shape index (κ2) is 6.47. The first-order chi connectivity index (χ1) is 11.6. The maximum absolute atomic E-state index is 12.5. The van der Waals surface area contributed by atoms with Crippen molar-refractivity contribution in [2.24, 2.45) is 5.41 Å². The minimum atomic E-state index is -0.302. The van der Waals surface area contributed by atoms with Crippen LogP contribution in [-0.2, 0) is 11.3 Å². The first kappa shape index (κ1) is 16.1. The van der Waals surface area contributed by atoms with Gasteiger partial charge in [-0.25, -0.2) is 0 Å². The highest BCUT2D eigenvalue weighted by Gasteiger charge is 2.55. The Kier molecular flexibility index (Phi) is 4.33. The molecule has 5 nitrogen and oxygen atoms in total. The van der Waals surface area contributed by atoms with Crippen LogP contribution in [0.3, 0.4) is 0 Å². The maximum Gasteiger partial charge on any atom is 0.236 e. The Morgan fingerprint density at radius 3 is 2.38 bits per heavy atom. The quantitative estimate of drug-likeness (QED) is 0.887. The zero-order valence-corrected chi connectivity index (χ0v) is 14.2. The van der Waals surface area contributed by atoms with Crippen LogP contribution in [0.25, 0.3) is 0 Å². The summed E-state index contributed by atoms with van der Waals surface area (Å²) < 4.78 is 0. The molecule has 1 aromatic rings. The molecule has 1 atom stereocenters. The molecule has 1 unspecified atom stereocenters. The van der Waals surface area contributed by atoms with Crippen LogP contribution >= 0.6 is 0 Å². The van der Waals surface area contributed by atoms with Crippen LogP contribution in [0.1, 0.15) is 18.4 Å². The summed E-state index contributed by atoms with van der Waals surface area (Å²) in [6, 6.07) is 10.6. The van der Waals surface area contributed by atoms with Crippen LogP contribution in [0.15, 0.2) is 30.3 Å². The lowest BCUT2D eigenvalue weighted by Crippen LogP contribution is -2.49. The van der Waals surface area contributed by atoms with Gasteiger partial charge in [0.2, 0.25) is 5.91 Å². The Balaban J connectivity index is 1.22. The van der Waals surface area contributed by atoms with Crippen molar-refractivity contribution in [2.45, 2.75) is 25.5 Å². The van der Waals surface area contributed by atoms with E-state index in [9.17, 15) is 9.90 Å². The molecule has 1 amide bonds. The van der Waals surface area contributed by atoms with E-state index in [2.05, 4.69) is 34.1 Å². The zero-order valence-electron chi connectivity index (χ0n) is 14.2. The number of likely N-dealkylation sites (tertiary alicyclic amines) is 1. The van der Waals surface area contributed by atoms with Crippen LogP contribution < -0.4 is 0 Å². The van der Waals surface area contributed by atoms with Gasteiger partial charge >= 0.3 is 0 Å². The highest BCUT2D eigenvalue weighted by atomic mass is 16.3. The number of piperazine rings is 1. The molecule has 1 spiro atoms. The van der Waals surface area contributed by atoms with Crippen molar-refractivity contribution >= 4 is 5.91 Å². The van der Waals surface area contributed by atoms with E-state index < -0.39 is 0 Å². The van der Waals surface area contributed by atoms with Crippen LogP contribution in [0.4, 0.5) is 0 Å². The molecule has 0 radical (unpaired) electrons. The molecule has 1 aromatic carbocycles. The van der Waals surface area contributed by atoms with Gasteiger partial charge in [0.25, 0.3) is 0 Å². The molecule has 24 heavy (non-hydrogen) atoms. The molecule has 0 bridgehead atoms. The van der Waals surface area contributed by atoms with E-state index in [1.54, 1.807) is 0 Å². The second-order valence-corrected chi connectivity index (χ2v) is 7.69. The lowest BCUT2D eigenvalue weighted by molar-refractivity contribution is -0.132. The van der Waals surface area contributed by atoms with E-state index in [0.717, 1.165) is 52.1 Å². The monoisotopic (exact) mass is 329 g/mol. The molecule has 1 N–H and O–H groups in total. The smallest absolute Gasteiger partial charge is 0.236 e. The number of amides is 1. The number of carbonyl (C=O) groups excluding carboxylic acids is 1. The predicted molar refractivity (Wildman–Crippen MR) is 92.4 cm³/mol. The lowest BCUT2D eigenvalue weighted by Gasteiger charge is -2.35. The molecule has 3 fully saturated rings. The number of carbonyl (C=O) groups is 1. The first-order valence-electron chi connectivity index (χ1n) is 9.09. The van der Waals surface area contributed by atoms with Crippen molar-refractivity contribution < 1.29 is 9.90 Å². The van der Waals surface area contributed by atoms with Gasteiger partial charge in [0.15, 0.2) is 0 Å². The minimum Gasteiger partial charge on any atom is -0.391 e. The largest absolute Gasteiger partial charge is 0.391 e. The first-order valence-corrected chi connectivity index (χ1v) is 9.09. The molecule has 0 aromatic heterocycles. The van der Waals surface area contributed by atoms with Crippen LogP contribution in [-0.4, -0.2) is 77.6 Å². The summed E-state index contributed by atoms with van der Waals surface area (Å²) in [6.07, 6.45) is 1.86. The Morgan fingerprint density at radius 2 is 1.75 bits per heavy atom. The molecule has 3 aliphatic rings. The third-order valence-corrected chi connectivity index (χ3v) is 5.92. The van der Waals surface area contributed by atoms with Crippen molar-refractivity contribution in [2.75, 3.05) is 45.8 Å². The Bertz CT molecular complexity index is 580. The highest BCUT2D eigenvalue weighted by molar-refractivity contribution is 5.79. The van der Waals surface area contributed by atoms with Gasteiger partial charge in [-0.2, -0.15) is 0 Å². The van der Waals surface area contributed by atoms with Gasteiger partial charge in [-0.3, -0.25) is 14.6 Å². The lowest BCUT2D eigenvalue weighted by atomic mass is 10.0. The van der Waals surface area contributed by atoms with E-state index in [0.29, 0.717) is 13.1 Å². The SMILES string of the molecule is O=C(CN1CCN(Cc2ccccc2)CC1)N1CC(O)C2(CC2)C1. The number of rotatable bonds is 4. The summed E-state index contributed by atoms with van der Waals surface area (Å²) in [7, 11) is 0. The van der Waals surface area contributed by atoms with E-state index in [1.165, 1.54) is 5.56 Å². The second-order valence-electron chi connectivity index (χ2n) is 7.69. The fourth-order valence-corrected chi connectivity index (χ4v) is 4.03. The fraction of sp³-hybridized carbons (Fsp3) is 0.632. The maximum atomic E-state index is 12.5. The van der Waals surface area contributed by atoms with Crippen molar-refractivity contribution in [3.05, 3.63) is 35.9 Å². The summed E-state index contributed by atoms with van der Waals surface area (Å²) in [5.41, 5.74) is 1.41. The van der Waals surface area contributed by atoms with Gasteiger partial charge in [0.1, 0.15) is 0 Å². The third kappa shape index (κ3) is 3.34. The summed E-state index contributed by atoms with van der Waals surface area (Å²) in [6.45, 7) is 6.70. The predicted octanol–water partition coefficient (Wildman–Crippen LogP) is 0.787. The Labute approximate surface area is 143 Å². The topological polar surface area (TPSA) is 47.0 Å². The van der Waals surface area contributed by atoms with Crippen molar-refractivity contribution in [3.8, 4) is 0 Å². The molecule has 1 saturated carbocycles. The van der Waals surface area contributed by atoms with Gasteiger partial charge in [-0.1, -0.05) is 30.3 Å². The van der Waals surface area contributed by atoms with Gasteiger partial charge in [0, 0.05) is 51.2 Å². The zero-order chi connectivity index (χ0) is 16.6. The Hall–Kier alpha value is -1.43. The molecular formula is C19H27N3O2. The van der Waals surface area contributed by atoms with Crippen LogP contribution in [0.5, 0.6) is 0 Å². The molecule has 130 valence electrons. The van der Waals surface area contributed by atoms with E-state index >= 15 is 0 Å². The number of aliphatic hydroxyl groups is 1. The molecular weight excluding hydrogens is 302 g/mol. The summed E-state index contributed by atoms with van der Waals surface area (Å²) in [5, 5.41) is 10.1. The summed E-state index contributed by atoms with van der Waals surface area (Å²) in [5.74, 6) is 0.189. The summed E-state index contributed by atoms with van der Waals surface area (Å²) >= 11 is 0. The van der Waals surface area contributed by atoms with Crippen molar-refractivity contribution in [1.82, 2.24) is 14.7 Å². The van der Waals surface area contributed by atoms with E-state index in [-0.39, 0.29) is 17.4 Å². The van der Waals surface area contributed by atoms with E-state index in [1.807, 2.05) is 11.0 Å². The standard InChI is InChI=1S/C19H27N3O2/c23-17-13-22(15-19(17)6-7-19)18(24)14-21-10-8-20(9-11-21)12-16-4-2-1-3-5-16/h1-5,17,23H,6-15H2. The molecule has 4 rings (SSSR count). The molecule has 2 saturated heterocycles. The summed E-state index contributed by atoms with van der Waals surface area (Å²) in [4.78, 5) is 19.1. The molecule has 2 heterocycles. The average molecular weight is 329 g/mol. The molecule has 5 heteroatoms. The number of β-amino-alcohol motifs (C(OH)–C–C–N with tert-alkyl or cyclic N) is 1. The number of benzene rings is 1. The van der Waals surface area contributed by atoms with Crippen LogP contribution in [0.2, 0.25) is 0 Å². The third-order valence-electron chi connectivity index (χ3n) is 5.92. The van der Waals surface area contributed by atoms with Gasteiger partial charge in [-0.15, -0.1) is 0 Å². The van der Waals surface area contributed by atoms with Crippen molar-refractivity contribution in [3.63, 3.8) is 0 Å². The highest BCUT2D eigenvalue weighted by Crippen LogP contribution is 2.52. The number of nitrogens with zero attached hydrogens (tertiary/aromatic N) is 3. The number of aliphatic hydroxyl groups excluding tert-OH is 1. The number of hydrogen-bond acceptors (Lipinski definition) is 4. The number of hydrogen-bond donors (Lipinski definition) is 1. The molecule has 2 aliphatic heterocycles. The normalized spacial score (nSPS) is 26.9. The minimum absolute atomic E-state index is 0.0596. The Morgan fingerprint density at radius 1 is 1.08 bits per heavy atom. The van der Waals surface area contributed by atoms with Crippen molar-refractivity contribution in [1.29, 1.82) is 0 Å². The van der Waals surface area contributed by atoms with Gasteiger partial charge in [0.05, 0.1) is 12.6 Å². The van der Waals surface area contributed by atoms with Crippen LogP contribution in [0, 0.1) is 5.41 Å².